The Balaban J connectivity index is 3.55. The summed E-state index contributed by atoms with van der Waals surface area (Å²) in [6.45, 7) is 5.19. The average Bonchev–Trinajstić information content (AvgIpc) is 2.28. The summed E-state index contributed by atoms with van der Waals surface area (Å²) in [6.07, 6.45) is 0. The van der Waals surface area contributed by atoms with E-state index in [0.29, 0.717) is 5.56 Å². The second-order valence-electron chi connectivity index (χ2n) is 4.35. The number of carboxylic acid groups (broad SMARTS) is 2. The Morgan fingerprint density at radius 3 is 2.06 bits per heavy atom. The van der Waals surface area contributed by atoms with E-state index in [2.05, 4.69) is 0 Å². The molecule has 0 fully saturated rings. The largest absolute Gasteiger partial charge is 0.478 e. The Hall–Kier alpha value is -2.10. The summed E-state index contributed by atoms with van der Waals surface area (Å²) >= 11 is 0. The molecule has 1 aromatic rings. The molecule has 0 aliphatic rings. The van der Waals surface area contributed by atoms with Crippen LogP contribution in [0.4, 0.5) is 0 Å². The fourth-order valence-electron chi connectivity index (χ4n) is 1.81. The number of hydrogen-bond donors (Lipinski definition) is 2. The smallest absolute Gasteiger partial charge is 0.336 e. The minimum Gasteiger partial charge on any atom is -0.478 e. The number of hydrogen-bond acceptors (Lipinski definition) is 2. The first kappa shape index (κ1) is 14.0. The fraction of sp³-hybridized carbons (Fsp3) is 0.286. The molecule has 0 amide bonds. The summed E-state index contributed by atoms with van der Waals surface area (Å²) in [5.74, 6) is -2.31. The predicted molar refractivity (Wildman–Crippen MR) is 68.4 cm³/mol. The number of carbonyl (C=O) groups is 2. The van der Waals surface area contributed by atoms with Crippen LogP contribution in [0.5, 0.6) is 0 Å². The summed E-state index contributed by atoms with van der Waals surface area (Å²) < 4.78 is 0. The number of benzene rings is 1. The van der Waals surface area contributed by atoms with E-state index in [1.165, 1.54) is 6.92 Å². The standard InChI is InChI=1S/C14H16O4/c1-8(2)10-6-4-5-7-11(10)12(14(17)18)9(3)13(15)16/h4-8H,1-3H3,(H,15,16)(H,17,18)/b12-9+. The molecule has 0 unspecified atom stereocenters. The summed E-state index contributed by atoms with van der Waals surface area (Å²) in [7, 11) is 0. The van der Waals surface area contributed by atoms with Gasteiger partial charge in [0.1, 0.15) is 0 Å². The molecule has 0 heterocycles. The zero-order valence-electron chi connectivity index (χ0n) is 10.6. The van der Waals surface area contributed by atoms with Crippen molar-refractivity contribution in [3.05, 3.63) is 41.0 Å². The van der Waals surface area contributed by atoms with Crippen LogP contribution in [0.15, 0.2) is 29.8 Å². The van der Waals surface area contributed by atoms with Crippen LogP contribution in [0.2, 0.25) is 0 Å². The Labute approximate surface area is 106 Å². The van der Waals surface area contributed by atoms with Crippen molar-refractivity contribution in [3.8, 4) is 0 Å². The summed E-state index contributed by atoms with van der Waals surface area (Å²) in [5.41, 5.74) is 0.998. The first-order valence-corrected chi connectivity index (χ1v) is 5.63. The Morgan fingerprint density at radius 2 is 1.61 bits per heavy atom. The van der Waals surface area contributed by atoms with Crippen LogP contribution in [-0.2, 0) is 9.59 Å². The van der Waals surface area contributed by atoms with Gasteiger partial charge < -0.3 is 10.2 Å². The lowest BCUT2D eigenvalue weighted by Crippen LogP contribution is -2.10. The van der Waals surface area contributed by atoms with Crippen LogP contribution in [0.25, 0.3) is 5.57 Å². The van der Waals surface area contributed by atoms with E-state index in [-0.39, 0.29) is 17.1 Å². The maximum atomic E-state index is 11.3. The molecule has 2 N–H and O–H groups in total. The zero-order chi connectivity index (χ0) is 13.9. The van der Waals surface area contributed by atoms with Gasteiger partial charge in [-0.2, -0.15) is 0 Å². The highest BCUT2D eigenvalue weighted by Gasteiger charge is 2.21. The third-order valence-electron chi connectivity index (χ3n) is 2.76. The van der Waals surface area contributed by atoms with Crippen LogP contribution in [0.1, 0.15) is 37.8 Å². The molecule has 0 radical (unpaired) electrons. The van der Waals surface area contributed by atoms with Crippen molar-refractivity contribution >= 4 is 17.5 Å². The minimum atomic E-state index is -1.22. The Morgan fingerprint density at radius 1 is 1.06 bits per heavy atom. The molecule has 0 aliphatic carbocycles. The van der Waals surface area contributed by atoms with E-state index in [1.807, 2.05) is 26.0 Å². The van der Waals surface area contributed by atoms with Gasteiger partial charge in [-0.05, 0) is 24.0 Å². The highest BCUT2D eigenvalue weighted by molar-refractivity contribution is 6.21. The van der Waals surface area contributed by atoms with Crippen LogP contribution in [0, 0.1) is 0 Å². The van der Waals surface area contributed by atoms with Gasteiger partial charge in [-0.15, -0.1) is 0 Å². The van der Waals surface area contributed by atoms with E-state index < -0.39 is 11.9 Å². The van der Waals surface area contributed by atoms with Crippen LogP contribution < -0.4 is 0 Å². The third kappa shape index (κ3) is 2.77. The summed E-state index contributed by atoms with van der Waals surface area (Å²) in [4.78, 5) is 22.3. The maximum Gasteiger partial charge on any atom is 0.336 e. The quantitative estimate of drug-likeness (QED) is 0.803. The second kappa shape index (κ2) is 5.49. The first-order valence-electron chi connectivity index (χ1n) is 5.63. The van der Waals surface area contributed by atoms with Gasteiger partial charge in [0.25, 0.3) is 0 Å². The minimum absolute atomic E-state index is 0.122. The van der Waals surface area contributed by atoms with E-state index in [1.54, 1.807) is 12.1 Å². The molecule has 1 rings (SSSR count). The molecule has 0 bridgehead atoms. The first-order chi connectivity index (χ1) is 8.36. The van der Waals surface area contributed by atoms with Crippen molar-refractivity contribution in [2.75, 3.05) is 0 Å². The monoisotopic (exact) mass is 248 g/mol. The van der Waals surface area contributed by atoms with E-state index >= 15 is 0 Å². The number of rotatable bonds is 4. The molecule has 1 aromatic carbocycles. The van der Waals surface area contributed by atoms with Gasteiger partial charge in [0, 0.05) is 5.57 Å². The lowest BCUT2D eigenvalue weighted by molar-refractivity contribution is -0.134. The molecular weight excluding hydrogens is 232 g/mol. The van der Waals surface area contributed by atoms with Gasteiger partial charge in [0.2, 0.25) is 0 Å². The molecule has 0 spiro atoms. The van der Waals surface area contributed by atoms with Gasteiger partial charge in [-0.3, -0.25) is 0 Å². The van der Waals surface area contributed by atoms with Crippen molar-refractivity contribution < 1.29 is 19.8 Å². The zero-order valence-corrected chi connectivity index (χ0v) is 10.6. The van der Waals surface area contributed by atoms with Gasteiger partial charge in [-0.25, -0.2) is 9.59 Å². The van der Waals surface area contributed by atoms with E-state index in [9.17, 15) is 14.7 Å². The van der Waals surface area contributed by atoms with Crippen molar-refractivity contribution in [1.82, 2.24) is 0 Å². The van der Waals surface area contributed by atoms with Gasteiger partial charge in [0.05, 0.1) is 5.57 Å². The van der Waals surface area contributed by atoms with Crippen molar-refractivity contribution in [3.63, 3.8) is 0 Å². The number of aliphatic carboxylic acids is 2. The molecule has 0 atom stereocenters. The summed E-state index contributed by atoms with van der Waals surface area (Å²) in [5, 5.41) is 18.2. The van der Waals surface area contributed by atoms with Crippen molar-refractivity contribution in [2.45, 2.75) is 26.7 Å². The molecule has 0 saturated heterocycles. The molecular formula is C14H16O4. The van der Waals surface area contributed by atoms with E-state index in [0.717, 1.165) is 5.56 Å². The van der Waals surface area contributed by atoms with Crippen LogP contribution in [-0.4, -0.2) is 22.2 Å². The molecule has 96 valence electrons. The number of carboxylic acids is 2. The summed E-state index contributed by atoms with van der Waals surface area (Å²) in [6, 6.07) is 6.98. The lowest BCUT2D eigenvalue weighted by Gasteiger charge is -2.14. The molecule has 4 heteroatoms. The van der Waals surface area contributed by atoms with Crippen LogP contribution >= 0.6 is 0 Å². The van der Waals surface area contributed by atoms with Crippen molar-refractivity contribution in [2.24, 2.45) is 0 Å². The Bertz CT molecular complexity index is 512. The molecule has 0 aromatic heterocycles. The molecule has 0 saturated carbocycles. The normalized spacial score (nSPS) is 12.2. The van der Waals surface area contributed by atoms with Gasteiger partial charge in [0.15, 0.2) is 0 Å². The van der Waals surface area contributed by atoms with Crippen molar-refractivity contribution in [1.29, 1.82) is 0 Å². The topological polar surface area (TPSA) is 74.6 Å². The second-order valence-corrected chi connectivity index (χ2v) is 4.35. The highest BCUT2D eigenvalue weighted by atomic mass is 16.4. The lowest BCUT2D eigenvalue weighted by atomic mass is 9.90. The average molecular weight is 248 g/mol. The van der Waals surface area contributed by atoms with Gasteiger partial charge >= 0.3 is 11.9 Å². The third-order valence-corrected chi connectivity index (χ3v) is 2.76. The fourth-order valence-corrected chi connectivity index (χ4v) is 1.81. The molecule has 18 heavy (non-hydrogen) atoms. The Kier molecular flexibility index (Phi) is 4.26. The molecule has 4 nitrogen and oxygen atoms in total. The predicted octanol–water partition coefficient (Wildman–Crippen LogP) is 2.75. The maximum absolute atomic E-state index is 11.3. The SMILES string of the molecule is C/C(C(=O)O)=C(\C(=O)O)c1ccccc1C(C)C. The highest BCUT2D eigenvalue weighted by Crippen LogP contribution is 2.28. The van der Waals surface area contributed by atoms with E-state index in [4.69, 9.17) is 5.11 Å². The molecule has 0 aliphatic heterocycles. The van der Waals surface area contributed by atoms with Gasteiger partial charge in [-0.1, -0.05) is 38.1 Å². The van der Waals surface area contributed by atoms with Crippen LogP contribution in [0.3, 0.4) is 0 Å².